The van der Waals surface area contributed by atoms with Gasteiger partial charge in [-0.25, -0.2) is 0 Å². The molecule has 2 N–H and O–H groups in total. The largest absolute Gasteiger partial charge is 0.494 e. The molecule has 1 aliphatic rings. The average Bonchev–Trinajstić information content (AvgIpc) is 2.78. The van der Waals surface area contributed by atoms with Gasteiger partial charge in [0.25, 0.3) is 0 Å². The van der Waals surface area contributed by atoms with E-state index in [0.717, 1.165) is 24.3 Å². The van der Waals surface area contributed by atoms with Crippen molar-refractivity contribution in [2.45, 2.75) is 19.8 Å². The summed E-state index contributed by atoms with van der Waals surface area (Å²) in [6.07, 6.45) is 2.10. The standard InChI is InChI=1S/C25H24N2O3/c1-3-4-15-30-17-11-9-16(10-12-17)27-21-14-13-20(26-2)22-23(21)25(29)19-8-6-5-7-18(19)24(22)28/h5-14,26-27H,3-4,15H2,1-2H3. The van der Waals surface area contributed by atoms with Gasteiger partial charge in [-0.3, -0.25) is 9.59 Å². The summed E-state index contributed by atoms with van der Waals surface area (Å²) in [7, 11) is 1.75. The fourth-order valence-electron chi connectivity index (χ4n) is 3.66. The van der Waals surface area contributed by atoms with Crippen LogP contribution in [0.2, 0.25) is 0 Å². The maximum atomic E-state index is 13.3. The molecule has 152 valence electrons. The van der Waals surface area contributed by atoms with E-state index in [4.69, 9.17) is 4.74 Å². The van der Waals surface area contributed by atoms with Crippen LogP contribution in [0.25, 0.3) is 0 Å². The van der Waals surface area contributed by atoms with E-state index in [0.29, 0.717) is 40.2 Å². The monoisotopic (exact) mass is 400 g/mol. The molecule has 5 heteroatoms. The molecule has 0 saturated carbocycles. The topological polar surface area (TPSA) is 67.4 Å². The van der Waals surface area contributed by atoms with E-state index < -0.39 is 0 Å². The van der Waals surface area contributed by atoms with E-state index in [1.165, 1.54) is 0 Å². The lowest BCUT2D eigenvalue weighted by Crippen LogP contribution is -2.23. The van der Waals surface area contributed by atoms with Gasteiger partial charge in [0.05, 0.1) is 23.4 Å². The number of hydrogen-bond acceptors (Lipinski definition) is 5. The van der Waals surface area contributed by atoms with Crippen molar-refractivity contribution >= 4 is 28.6 Å². The molecule has 0 aliphatic heterocycles. The Hall–Kier alpha value is -3.60. The molecule has 0 saturated heterocycles. The molecule has 0 spiro atoms. The summed E-state index contributed by atoms with van der Waals surface area (Å²) < 4.78 is 5.71. The number of hydrogen-bond donors (Lipinski definition) is 2. The van der Waals surface area contributed by atoms with Crippen LogP contribution in [0.15, 0.2) is 60.7 Å². The summed E-state index contributed by atoms with van der Waals surface area (Å²) in [5.41, 5.74) is 3.75. The van der Waals surface area contributed by atoms with Crippen LogP contribution in [-0.4, -0.2) is 25.2 Å². The minimum Gasteiger partial charge on any atom is -0.494 e. The van der Waals surface area contributed by atoms with Crippen LogP contribution in [-0.2, 0) is 0 Å². The van der Waals surface area contributed by atoms with E-state index in [-0.39, 0.29) is 11.6 Å². The van der Waals surface area contributed by atoms with Crippen molar-refractivity contribution in [2.24, 2.45) is 0 Å². The maximum Gasteiger partial charge on any atom is 0.196 e. The maximum absolute atomic E-state index is 13.3. The Morgan fingerprint density at radius 2 is 1.40 bits per heavy atom. The highest BCUT2D eigenvalue weighted by Gasteiger charge is 2.33. The van der Waals surface area contributed by atoms with Crippen LogP contribution in [0, 0.1) is 0 Å². The fourth-order valence-corrected chi connectivity index (χ4v) is 3.66. The van der Waals surface area contributed by atoms with Crippen LogP contribution in [0.5, 0.6) is 5.75 Å². The van der Waals surface area contributed by atoms with Gasteiger partial charge in [0, 0.05) is 29.5 Å². The van der Waals surface area contributed by atoms with Crippen molar-refractivity contribution in [1.82, 2.24) is 0 Å². The number of carbonyl (C=O) groups is 2. The molecule has 5 nitrogen and oxygen atoms in total. The second-order valence-electron chi connectivity index (χ2n) is 7.22. The van der Waals surface area contributed by atoms with Gasteiger partial charge in [0.15, 0.2) is 11.6 Å². The molecule has 0 fully saturated rings. The first-order valence-electron chi connectivity index (χ1n) is 10.2. The number of ether oxygens (including phenoxy) is 1. The number of anilines is 3. The molecule has 0 amide bonds. The minimum absolute atomic E-state index is 0.145. The third-order valence-electron chi connectivity index (χ3n) is 5.25. The van der Waals surface area contributed by atoms with E-state index in [2.05, 4.69) is 17.6 Å². The van der Waals surface area contributed by atoms with E-state index in [1.807, 2.05) is 36.4 Å². The second kappa shape index (κ2) is 8.41. The lowest BCUT2D eigenvalue weighted by molar-refractivity contribution is 0.0980. The number of unbranched alkanes of at least 4 members (excludes halogenated alkanes) is 1. The molecule has 0 radical (unpaired) electrons. The van der Waals surface area contributed by atoms with Crippen LogP contribution in [0.4, 0.5) is 17.1 Å². The highest BCUT2D eigenvalue weighted by Crippen LogP contribution is 2.37. The third-order valence-corrected chi connectivity index (χ3v) is 5.25. The summed E-state index contributed by atoms with van der Waals surface area (Å²) in [4.78, 5) is 26.5. The molecular weight excluding hydrogens is 376 g/mol. The van der Waals surface area contributed by atoms with Crippen molar-refractivity contribution in [3.05, 3.63) is 82.9 Å². The number of benzene rings is 3. The van der Waals surface area contributed by atoms with Gasteiger partial charge in [-0.1, -0.05) is 37.6 Å². The predicted octanol–water partition coefficient (Wildman–Crippen LogP) is 5.43. The summed E-state index contributed by atoms with van der Waals surface area (Å²) in [6, 6.07) is 18.2. The Morgan fingerprint density at radius 3 is 2.00 bits per heavy atom. The Balaban J connectivity index is 1.69. The van der Waals surface area contributed by atoms with Crippen molar-refractivity contribution < 1.29 is 14.3 Å². The van der Waals surface area contributed by atoms with E-state index in [1.54, 1.807) is 31.3 Å². The van der Waals surface area contributed by atoms with Gasteiger partial charge >= 0.3 is 0 Å². The van der Waals surface area contributed by atoms with Gasteiger partial charge in [-0.05, 0) is 42.8 Å². The molecule has 0 unspecified atom stereocenters. The molecule has 4 rings (SSSR count). The number of fused-ring (bicyclic) bond motifs is 2. The lowest BCUT2D eigenvalue weighted by atomic mass is 9.82. The Labute approximate surface area is 176 Å². The normalized spacial score (nSPS) is 12.2. The van der Waals surface area contributed by atoms with E-state index >= 15 is 0 Å². The number of nitrogens with one attached hydrogen (secondary N) is 2. The predicted molar refractivity (Wildman–Crippen MR) is 119 cm³/mol. The summed E-state index contributed by atoms with van der Waals surface area (Å²) in [6.45, 7) is 2.82. The lowest BCUT2D eigenvalue weighted by Gasteiger charge is -2.23. The van der Waals surface area contributed by atoms with Crippen LogP contribution in [0.1, 0.15) is 51.6 Å². The van der Waals surface area contributed by atoms with Crippen molar-refractivity contribution in [1.29, 1.82) is 0 Å². The molecule has 0 atom stereocenters. The Morgan fingerprint density at radius 1 is 0.800 bits per heavy atom. The van der Waals surface area contributed by atoms with Crippen molar-refractivity contribution in [3.63, 3.8) is 0 Å². The molecule has 0 bridgehead atoms. The van der Waals surface area contributed by atoms with Gasteiger partial charge < -0.3 is 15.4 Å². The number of rotatable bonds is 7. The average molecular weight is 400 g/mol. The molecule has 30 heavy (non-hydrogen) atoms. The molecule has 3 aromatic rings. The molecule has 3 aromatic carbocycles. The fraction of sp³-hybridized carbons (Fsp3) is 0.200. The first-order valence-corrected chi connectivity index (χ1v) is 10.2. The number of ketones is 2. The van der Waals surface area contributed by atoms with Crippen molar-refractivity contribution in [2.75, 3.05) is 24.3 Å². The molecule has 1 aliphatic carbocycles. The van der Waals surface area contributed by atoms with Crippen LogP contribution >= 0.6 is 0 Å². The van der Waals surface area contributed by atoms with Gasteiger partial charge in [0.2, 0.25) is 0 Å². The van der Waals surface area contributed by atoms with Gasteiger partial charge in [0.1, 0.15) is 5.75 Å². The van der Waals surface area contributed by atoms with Gasteiger partial charge in [-0.2, -0.15) is 0 Å². The molecule has 0 aromatic heterocycles. The first kappa shape index (κ1) is 19.7. The SMILES string of the molecule is CCCCOc1ccc(Nc2ccc(NC)c3c2C(=O)c2ccccc2C3=O)cc1. The molecular formula is C25H24N2O3. The summed E-state index contributed by atoms with van der Waals surface area (Å²) in [5, 5.41) is 6.35. The van der Waals surface area contributed by atoms with Crippen LogP contribution < -0.4 is 15.4 Å². The Bertz CT molecular complexity index is 1100. The first-order chi connectivity index (χ1) is 14.6. The van der Waals surface area contributed by atoms with Crippen molar-refractivity contribution in [3.8, 4) is 5.75 Å². The number of carbonyl (C=O) groups excluding carboxylic acids is 2. The zero-order valence-corrected chi connectivity index (χ0v) is 17.1. The Kier molecular flexibility index (Phi) is 5.53. The zero-order chi connectivity index (χ0) is 21.1. The third kappa shape index (κ3) is 3.54. The van der Waals surface area contributed by atoms with Crippen LogP contribution in [0.3, 0.4) is 0 Å². The minimum atomic E-state index is -0.153. The zero-order valence-electron chi connectivity index (χ0n) is 17.1. The highest BCUT2D eigenvalue weighted by atomic mass is 16.5. The highest BCUT2D eigenvalue weighted by molar-refractivity contribution is 6.32. The smallest absolute Gasteiger partial charge is 0.196 e. The van der Waals surface area contributed by atoms with Gasteiger partial charge in [-0.15, -0.1) is 0 Å². The molecule has 0 heterocycles. The van der Waals surface area contributed by atoms with E-state index in [9.17, 15) is 9.59 Å². The summed E-state index contributed by atoms with van der Waals surface area (Å²) >= 11 is 0. The quantitative estimate of drug-likeness (QED) is 0.405. The second-order valence-corrected chi connectivity index (χ2v) is 7.22. The summed E-state index contributed by atoms with van der Waals surface area (Å²) in [5.74, 6) is 0.508.